The highest BCUT2D eigenvalue weighted by atomic mass is 16.5. The van der Waals surface area contributed by atoms with Gasteiger partial charge in [-0.2, -0.15) is 0 Å². The predicted molar refractivity (Wildman–Crippen MR) is 197 cm³/mol. The van der Waals surface area contributed by atoms with Gasteiger partial charge in [0.2, 0.25) is 0 Å². The molecular formula is C44H42O6. The van der Waals surface area contributed by atoms with Crippen molar-refractivity contribution in [3.63, 3.8) is 0 Å². The highest BCUT2D eigenvalue weighted by Crippen LogP contribution is 2.37. The van der Waals surface area contributed by atoms with Gasteiger partial charge < -0.3 is 24.1 Å². The number of rotatable bonds is 15. The summed E-state index contributed by atoms with van der Waals surface area (Å²) in [4.78, 5) is 11.3. The number of aliphatic hydroxyl groups excluding tert-OH is 1. The van der Waals surface area contributed by atoms with Crippen LogP contribution in [0, 0.1) is 0 Å². The van der Waals surface area contributed by atoms with E-state index >= 15 is 0 Å². The molecule has 6 heteroatoms. The van der Waals surface area contributed by atoms with Gasteiger partial charge in [-0.3, -0.25) is 4.79 Å². The first-order chi connectivity index (χ1) is 24.6. The lowest BCUT2D eigenvalue weighted by Gasteiger charge is -2.19. The summed E-state index contributed by atoms with van der Waals surface area (Å²) in [7, 11) is 0. The van der Waals surface area contributed by atoms with Gasteiger partial charge in [-0.15, -0.1) is 0 Å². The largest absolute Gasteiger partial charge is 0.485 e. The zero-order valence-corrected chi connectivity index (χ0v) is 28.2. The van der Waals surface area contributed by atoms with Crippen molar-refractivity contribution in [1.29, 1.82) is 0 Å². The van der Waals surface area contributed by atoms with Crippen molar-refractivity contribution in [2.45, 2.75) is 45.9 Å². The summed E-state index contributed by atoms with van der Waals surface area (Å²) in [6, 6.07) is 50.7. The van der Waals surface area contributed by atoms with Gasteiger partial charge in [-0.25, -0.2) is 0 Å². The number of carbonyl (C=O) groups excluding carboxylic acids is 1. The zero-order chi connectivity index (χ0) is 34.8. The second-order valence-electron chi connectivity index (χ2n) is 11.5. The number of carbonyl (C=O) groups is 1. The van der Waals surface area contributed by atoms with Crippen molar-refractivity contribution in [1.82, 2.24) is 0 Å². The van der Waals surface area contributed by atoms with E-state index in [1.807, 2.05) is 153 Å². The maximum absolute atomic E-state index is 11.3. The molecule has 0 aliphatic carbocycles. The van der Waals surface area contributed by atoms with Crippen molar-refractivity contribution in [2.75, 3.05) is 0 Å². The number of hydrogen-bond acceptors (Lipinski definition) is 6. The predicted octanol–water partition coefficient (Wildman–Crippen LogP) is 9.95. The van der Waals surface area contributed by atoms with Crippen LogP contribution >= 0.6 is 0 Å². The van der Waals surface area contributed by atoms with E-state index < -0.39 is 6.10 Å². The van der Waals surface area contributed by atoms with Crippen LogP contribution in [0.15, 0.2) is 158 Å². The molecule has 0 spiro atoms. The Labute approximate surface area is 294 Å². The van der Waals surface area contributed by atoms with Gasteiger partial charge in [0.05, 0.1) is 11.7 Å². The van der Waals surface area contributed by atoms with Crippen LogP contribution in [-0.4, -0.2) is 11.4 Å². The maximum Gasteiger partial charge on any atom is 0.172 e. The van der Waals surface area contributed by atoms with Gasteiger partial charge >= 0.3 is 0 Å². The summed E-state index contributed by atoms with van der Waals surface area (Å²) in [6.07, 6.45) is 0.820. The number of para-hydroxylation sites is 2. The lowest BCUT2D eigenvalue weighted by Crippen LogP contribution is -2.05. The number of ether oxygens (including phenoxy) is 4. The number of hydrogen-bond donors (Lipinski definition) is 1. The molecule has 50 heavy (non-hydrogen) atoms. The normalized spacial score (nSPS) is 11.0. The molecule has 6 aromatic carbocycles. The quantitative estimate of drug-likeness (QED) is 0.110. The number of aldehydes is 1. The van der Waals surface area contributed by atoms with Crippen LogP contribution in [0.2, 0.25) is 0 Å². The number of benzene rings is 6. The molecule has 0 aromatic heterocycles. The zero-order valence-electron chi connectivity index (χ0n) is 28.2. The fraction of sp³-hybridized carbons (Fsp3) is 0.159. The van der Waals surface area contributed by atoms with Crippen molar-refractivity contribution < 1.29 is 28.8 Å². The number of aliphatic hydroxyl groups is 1. The van der Waals surface area contributed by atoms with E-state index in [1.54, 1.807) is 12.1 Å². The van der Waals surface area contributed by atoms with Crippen molar-refractivity contribution in [3.8, 4) is 23.0 Å². The fourth-order valence-electron chi connectivity index (χ4n) is 5.11. The lowest BCUT2D eigenvalue weighted by atomic mass is 10.1. The first-order valence-electron chi connectivity index (χ1n) is 16.7. The molecule has 6 nitrogen and oxygen atoms in total. The topological polar surface area (TPSA) is 74.2 Å². The van der Waals surface area contributed by atoms with Crippen molar-refractivity contribution >= 4 is 6.29 Å². The monoisotopic (exact) mass is 666 g/mol. The molecule has 0 heterocycles. The molecule has 0 amide bonds. The standard InChI is InChI=1S/C23H24O3.C21H18O3/c1-2-21(24)20-14-9-15-22(25-16-18-10-5-3-6-11-18)23(20)26-17-19-12-7-4-8-13-19;22-14-19-12-7-13-20(23-15-17-8-3-1-4-9-17)21(19)24-16-18-10-5-2-6-11-18/h3-15,21,24H,2,16-17H2,1H3;1-14H,15-16H2. The summed E-state index contributed by atoms with van der Waals surface area (Å²) in [6.45, 7) is 3.63. The van der Waals surface area contributed by atoms with Crippen LogP contribution in [0.5, 0.6) is 23.0 Å². The van der Waals surface area contributed by atoms with Crippen molar-refractivity contribution in [3.05, 3.63) is 191 Å². The first-order valence-corrected chi connectivity index (χ1v) is 16.7. The van der Waals surface area contributed by atoms with E-state index in [0.717, 1.165) is 34.1 Å². The van der Waals surface area contributed by atoms with E-state index in [-0.39, 0.29) is 0 Å². The van der Waals surface area contributed by atoms with E-state index in [4.69, 9.17) is 18.9 Å². The smallest absolute Gasteiger partial charge is 0.172 e. The molecule has 1 atom stereocenters. The minimum atomic E-state index is -0.582. The molecule has 6 rings (SSSR count). The third kappa shape index (κ3) is 10.6. The van der Waals surface area contributed by atoms with Gasteiger partial charge in [0, 0.05) is 5.56 Å². The molecule has 0 saturated heterocycles. The molecule has 0 aliphatic heterocycles. The SMILES string of the molecule is CCC(O)c1cccc(OCc2ccccc2)c1OCc1ccccc1.O=Cc1cccc(OCc2ccccc2)c1OCc1ccccc1. The van der Waals surface area contributed by atoms with E-state index in [1.165, 1.54) is 0 Å². The van der Waals surface area contributed by atoms with Gasteiger partial charge in [-0.05, 0) is 46.9 Å². The molecule has 6 aromatic rings. The molecule has 0 saturated carbocycles. The summed E-state index contributed by atoms with van der Waals surface area (Å²) in [5, 5.41) is 10.4. The average Bonchev–Trinajstić information content (AvgIpc) is 3.19. The van der Waals surface area contributed by atoms with Crippen LogP contribution in [-0.2, 0) is 26.4 Å². The minimum absolute atomic E-state index is 0.382. The minimum Gasteiger partial charge on any atom is -0.485 e. The third-order valence-electron chi connectivity index (χ3n) is 7.82. The van der Waals surface area contributed by atoms with Crippen LogP contribution in [0.4, 0.5) is 0 Å². The Morgan fingerprint density at radius 3 is 1.28 bits per heavy atom. The Morgan fingerprint density at radius 1 is 0.480 bits per heavy atom. The van der Waals surface area contributed by atoms with E-state index in [0.29, 0.717) is 61.4 Å². The second kappa shape index (κ2) is 19.2. The molecule has 0 radical (unpaired) electrons. The molecular weight excluding hydrogens is 624 g/mol. The summed E-state index contributed by atoms with van der Waals surface area (Å²) in [5.41, 5.74) is 5.49. The summed E-state index contributed by atoms with van der Waals surface area (Å²) in [5.74, 6) is 2.31. The van der Waals surface area contributed by atoms with Crippen LogP contribution < -0.4 is 18.9 Å². The van der Waals surface area contributed by atoms with Gasteiger partial charge in [-0.1, -0.05) is 146 Å². The summed E-state index contributed by atoms with van der Waals surface area (Å²) < 4.78 is 23.8. The highest BCUT2D eigenvalue weighted by molar-refractivity contribution is 5.81. The Morgan fingerprint density at radius 2 is 0.860 bits per heavy atom. The Kier molecular flexibility index (Phi) is 13.6. The lowest BCUT2D eigenvalue weighted by molar-refractivity contribution is 0.111. The Balaban J connectivity index is 0.000000195. The fourth-order valence-corrected chi connectivity index (χ4v) is 5.11. The Bertz CT molecular complexity index is 1860. The molecule has 1 unspecified atom stereocenters. The molecule has 0 fully saturated rings. The first kappa shape index (κ1) is 35.5. The molecule has 254 valence electrons. The highest BCUT2D eigenvalue weighted by Gasteiger charge is 2.17. The van der Waals surface area contributed by atoms with Crippen LogP contribution in [0.1, 0.15) is 57.6 Å². The van der Waals surface area contributed by atoms with Gasteiger partial charge in [0.1, 0.15) is 26.4 Å². The second-order valence-corrected chi connectivity index (χ2v) is 11.5. The Hall–Kier alpha value is -5.85. The molecule has 1 N–H and O–H groups in total. The van der Waals surface area contributed by atoms with E-state index in [9.17, 15) is 9.90 Å². The van der Waals surface area contributed by atoms with E-state index in [2.05, 4.69) is 0 Å². The summed E-state index contributed by atoms with van der Waals surface area (Å²) >= 11 is 0. The van der Waals surface area contributed by atoms with Crippen LogP contribution in [0.25, 0.3) is 0 Å². The third-order valence-corrected chi connectivity index (χ3v) is 7.82. The van der Waals surface area contributed by atoms with Gasteiger partial charge in [0.25, 0.3) is 0 Å². The van der Waals surface area contributed by atoms with Gasteiger partial charge in [0.15, 0.2) is 29.3 Å². The molecule has 0 bridgehead atoms. The average molecular weight is 667 g/mol. The van der Waals surface area contributed by atoms with Crippen molar-refractivity contribution in [2.24, 2.45) is 0 Å². The maximum atomic E-state index is 11.3. The van der Waals surface area contributed by atoms with Crippen LogP contribution in [0.3, 0.4) is 0 Å². The molecule has 0 aliphatic rings.